The maximum atomic E-state index is 10.5. The van der Waals surface area contributed by atoms with Crippen molar-refractivity contribution < 1.29 is 26.6 Å². The predicted octanol–water partition coefficient (Wildman–Crippen LogP) is 2.66. The molecule has 0 atom stereocenters. The first kappa shape index (κ1) is 20.6. The lowest BCUT2D eigenvalue weighted by Gasteiger charge is -2.05. The highest BCUT2D eigenvalue weighted by molar-refractivity contribution is 7.81. The second kappa shape index (κ2) is 12.2. The average molecular weight is 332 g/mol. The van der Waals surface area contributed by atoms with Gasteiger partial charge in [0.05, 0.1) is 13.2 Å². The van der Waals surface area contributed by atoms with Gasteiger partial charge in [-0.05, 0) is 31.9 Å². The fourth-order valence-corrected chi connectivity index (χ4v) is 1.62. The van der Waals surface area contributed by atoms with E-state index in [1.54, 1.807) is 24.3 Å². The van der Waals surface area contributed by atoms with Gasteiger partial charge < -0.3 is 13.7 Å². The third-order valence-corrected chi connectivity index (χ3v) is 2.53. The molecule has 1 aromatic carbocycles. The summed E-state index contributed by atoms with van der Waals surface area (Å²) in [6.07, 6.45) is 2.10. The number of epoxide rings is 1. The van der Waals surface area contributed by atoms with Crippen molar-refractivity contribution in [2.75, 3.05) is 26.4 Å². The monoisotopic (exact) mass is 332 g/mol. The summed E-state index contributed by atoms with van der Waals surface area (Å²) in [6, 6.07) is 6.53. The van der Waals surface area contributed by atoms with Crippen LogP contribution in [0.15, 0.2) is 36.9 Å². The molecule has 0 saturated carbocycles. The minimum atomic E-state index is -4.45. The van der Waals surface area contributed by atoms with Crippen molar-refractivity contribution in [3.05, 3.63) is 42.5 Å². The summed E-state index contributed by atoms with van der Waals surface area (Å²) >= 11 is 0. The van der Waals surface area contributed by atoms with Crippen LogP contribution in [0.25, 0.3) is 0 Å². The van der Waals surface area contributed by atoms with Crippen molar-refractivity contribution in [3.63, 3.8) is 0 Å². The normalized spacial score (nSPS) is 12.1. The lowest BCUT2D eigenvalue weighted by molar-refractivity contribution is 0.162. The largest absolute Gasteiger partial charge is 0.446 e. The molecule has 1 aromatic rings. The summed E-state index contributed by atoms with van der Waals surface area (Å²) in [7, 11) is -4.45. The van der Waals surface area contributed by atoms with Crippen LogP contribution in [-0.2, 0) is 26.3 Å². The Morgan fingerprint density at radius 2 is 1.82 bits per heavy atom. The Hall–Kier alpha value is -1.41. The maximum Gasteiger partial charge on any atom is 0.446 e. The maximum absolute atomic E-state index is 10.5. The van der Waals surface area contributed by atoms with Crippen LogP contribution < -0.4 is 4.18 Å². The van der Waals surface area contributed by atoms with Crippen molar-refractivity contribution in [1.82, 2.24) is 0 Å². The van der Waals surface area contributed by atoms with Crippen LogP contribution in [0, 0.1) is 0 Å². The molecule has 1 fully saturated rings. The number of benzene rings is 1. The Morgan fingerprint density at radius 3 is 2.18 bits per heavy atom. The van der Waals surface area contributed by atoms with Crippen molar-refractivity contribution in [3.8, 4) is 5.75 Å². The number of ether oxygens (including phenoxy) is 2. The second-order valence-electron chi connectivity index (χ2n) is 4.01. The van der Waals surface area contributed by atoms with Crippen molar-refractivity contribution in [2.24, 2.45) is 0 Å². The molecule has 0 aliphatic carbocycles. The van der Waals surface area contributed by atoms with E-state index in [0.29, 0.717) is 12.0 Å². The minimum absolute atomic E-state index is 0.120. The Balaban J connectivity index is 0.000000450. The molecule has 7 heteroatoms. The van der Waals surface area contributed by atoms with E-state index in [-0.39, 0.29) is 5.75 Å². The van der Waals surface area contributed by atoms with Crippen molar-refractivity contribution in [1.29, 1.82) is 0 Å². The van der Waals surface area contributed by atoms with E-state index in [1.165, 1.54) is 6.07 Å². The molecule has 2 rings (SSSR count). The molecule has 1 aliphatic heterocycles. The number of hydrogen-bond acceptors (Lipinski definition) is 5. The van der Waals surface area contributed by atoms with E-state index in [1.807, 2.05) is 13.8 Å². The molecular formula is C15H24O6S. The molecule has 6 nitrogen and oxygen atoms in total. The highest BCUT2D eigenvalue weighted by Crippen LogP contribution is 2.19. The number of hydrogen-bond donors (Lipinski definition) is 1. The molecule has 1 N–H and O–H groups in total. The van der Waals surface area contributed by atoms with Gasteiger partial charge in [0.15, 0.2) is 0 Å². The van der Waals surface area contributed by atoms with Crippen molar-refractivity contribution in [2.45, 2.75) is 20.3 Å². The van der Waals surface area contributed by atoms with Crippen LogP contribution in [0.4, 0.5) is 0 Å². The smallest absolute Gasteiger partial charge is 0.382 e. The summed E-state index contributed by atoms with van der Waals surface area (Å²) in [6.45, 7) is 11.2. The highest BCUT2D eigenvalue weighted by Gasteiger charge is 2.09. The Kier molecular flexibility index (Phi) is 11.4. The molecule has 0 spiro atoms. The van der Waals surface area contributed by atoms with Gasteiger partial charge in [-0.2, -0.15) is 8.42 Å². The fraction of sp³-hybridized carbons (Fsp3) is 0.467. The van der Waals surface area contributed by atoms with E-state index in [2.05, 4.69) is 15.5 Å². The van der Waals surface area contributed by atoms with Crippen LogP contribution in [0.2, 0.25) is 0 Å². The summed E-state index contributed by atoms with van der Waals surface area (Å²) in [5.41, 5.74) is 0.653. The minimum Gasteiger partial charge on any atom is -0.382 e. The first-order valence-electron chi connectivity index (χ1n) is 6.95. The van der Waals surface area contributed by atoms with Gasteiger partial charge in [-0.25, -0.2) is 0 Å². The number of allylic oxidation sites excluding steroid dienone is 1. The Labute approximate surface area is 132 Å². The zero-order chi connectivity index (χ0) is 16.8. The summed E-state index contributed by atoms with van der Waals surface area (Å²) in [5.74, 6) is 0.120. The van der Waals surface area contributed by atoms with Gasteiger partial charge in [0.1, 0.15) is 5.75 Å². The van der Waals surface area contributed by atoms with E-state index in [9.17, 15) is 8.42 Å². The molecule has 0 aromatic heterocycles. The second-order valence-corrected chi connectivity index (χ2v) is 5.03. The lowest BCUT2D eigenvalue weighted by Crippen LogP contribution is -2.08. The highest BCUT2D eigenvalue weighted by atomic mass is 32.3. The van der Waals surface area contributed by atoms with Crippen LogP contribution >= 0.6 is 0 Å². The molecule has 22 heavy (non-hydrogen) atoms. The third-order valence-electron chi connectivity index (χ3n) is 2.14. The van der Waals surface area contributed by atoms with Gasteiger partial charge >= 0.3 is 10.4 Å². The molecule has 1 heterocycles. The third kappa shape index (κ3) is 13.6. The lowest BCUT2D eigenvalue weighted by atomic mass is 10.1. The van der Waals surface area contributed by atoms with Gasteiger partial charge in [0.2, 0.25) is 0 Å². The SMILES string of the molecule is C1CO1.C=CCc1ccccc1OS(=O)(=O)O.CCOCC. The molecular weight excluding hydrogens is 308 g/mol. The summed E-state index contributed by atoms with van der Waals surface area (Å²) in [5, 5.41) is 0. The first-order valence-corrected chi connectivity index (χ1v) is 8.32. The van der Waals surface area contributed by atoms with E-state index in [0.717, 1.165) is 26.4 Å². The van der Waals surface area contributed by atoms with Crippen LogP contribution in [0.5, 0.6) is 5.75 Å². The zero-order valence-corrected chi connectivity index (χ0v) is 13.8. The van der Waals surface area contributed by atoms with Gasteiger partial charge in [-0.3, -0.25) is 4.55 Å². The van der Waals surface area contributed by atoms with Crippen LogP contribution in [-0.4, -0.2) is 39.4 Å². The van der Waals surface area contributed by atoms with Gasteiger partial charge in [0.25, 0.3) is 0 Å². The molecule has 1 saturated heterocycles. The zero-order valence-electron chi connectivity index (χ0n) is 13.0. The summed E-state index contributed by atoms with van der Waals surface area (Å²) < 4.78 is 43.1. The van der Waals surface area contributed by atoms with E-state index >= 15 is 0 Å². The average Bonchev–Trinajstić information content (AvgIpc) is 3.30. The molecule has 0 amide bonds. The topological polar surface area (TPSA) is 85.4 Å². The van der Waals surface area contributed by atoms with Crippen LogP contribution in [0.3, 0.4) is 0 Å². The fourth-order valence-electron chi connectivity index (χ4n) is 1.23. The summed E-state index contributed by atoms with van der Waals surface area (Å²) in [4.78, 5) is 0. The Morgan fingerprint density at radius 1 is 1.27 bits per heavy atom. The van der Waals surface area contributed by atoms with Gasteiger partial charge in [0, 0.05) is 13.2 Å². The van der Waals surface area contributed by atoms with Crippen molar-refractivity contribution >= 4 is 10.4 Å². The van der Waals surface area contributed by atoms with E-state index < -0.39 is 10.4 Å². The molecule has 1 aliphatic rings. The van der Waals surface area contributed by atoms with E-state index in [4.69, 9.17) is 9.29 Å². The van der Waals surface area contributed by atoms with Gasteiger partial charge in [-0.1, -0.05) is 24.3 Å². The molecule has 0 bridgehead atoms. The molecule has 0 unspecified atom stereocenters. The predicted molar refractivity (Wildman–Crippen MR) is 85.5 cm³/mol. The number of rotatable bonds is 6. The standard InChI is InChI=1S/C9H10O4S.C4H10O.C2H4O/c1-2-5-8-6-3-4-7-9(8)13-14(10,11)12;1-3-5-4-2;1-2-3-1/h2-4,6-7H,1,5H2,(H,10,11,12);3-4H2,1-2H3;1-2H2. The van der Waals surface area contributed by atoms with Crippen LogP contribution in [0.1, 0.15) is 19.4 Å². The van der Waals surface area contributed by atoms with Gasteiger partial charge in [-0.15, -0.1) is 6.58 Å². The Bertz CT molecular complexity index is 506. The first-order chi connectivity index (χ1) is 10.4. The quantitative estimate of drug-likeness (QED) is 0.490. The number of para-hydroxylation sites is 1. The molecule has 0 radical (unpaired) electrons. The molecule has 126 valence electrons.